The van der Waals surface area contributed by atoms with Crippen molar-refractivity contribution in [2.75, 3.05) is 0 Å². The molecule has 35 heavy (non-hydrogen) atoms. The Kier molecular flexibility index (Phi) is 8.98. The third kappa shape index (κ3) is 7.18. The molecule has 0 N–H and O–H groups in total. The van der Waals surface area contributed by atoms with Gasteiger partial charge in [0.15, 0.2) is 17.5 Å². The van der Waals surface area contributed by atoms with Crippen LogP contribution in [0.5, 0.6) is 0 Å². The molecule has 3 heteroatoms. The summed E-state index contributed by atoms with van der Waals surface area (Å²) in [5.74, 6) is 11.7. The average molecular weight is 477 g/mol. The molecule has 2 aromatic carbocycles. The second kappa shape index (κ2) is 12.4. The highest BCUT2D eigenvalue weighted by molar-refractivity contribution is 5.46. The zero-order chi connectivity index (χ0) is 24.6. The fourth-order valence-corrected chi connectivity index (χ4v) is 5.77. The summed E-state index contributed by atoms with van der Waals surface area (Å²) < 4.78 is 39.7. The Morgan fingerprint density at radius 2 is 1.20 bits per heavy atom. The molecule has 2 aromatic rings. The Morgan fingerprint density at radius 3 is 1.77 bits per heavy atom. The normalized spacial score (nSPS) is 24.1. The summed E-state index contributed by atoms with van der Waals surface area (Å²) >= 11 is 0. The highest BCUT2D eigenvalue weighted by atomic mass is 19.2. The number of unbranched alkanes of at least 4 members (excludes halogenated alkanes) is 1. The summed E-state index contributed by atoms with van der Waals surface area (Å²) in [7, 11) is 0. The maximum absolute atomic E-state index is 13.3. The van der Waals surface area contributed by atoms with Crippen LogP contribution in [0.2, 0.25) is 0 Å². The first-order chi connectivity index (χ1) is 17.0. The number of benzene rings is 2. The Balaban J connectivity index is 1.25. The monoisotopic (exact) mass is 476 g/mol. The molecule has 2 fully saturated rings. The van der Waals surface area contributed by atoms with Crippen LogP contribution in [0, 0.1) is 64.8 Å². The van der Waals surface area contributed by atoms with Gasteiger partial charge >= 0.3 is 0 Å². The van der Waals surface area contributed by atoms with Crippen LogP contribution in [-0.2, 0) is 0 Å². The summed E-state index contributed by atoms with van der Waals surface area (Å²) in [5.41, 5.74) is 1.76. The van der Waals surface area contributed by atoms with Crippen LogP contribution in [0.4, 0.5) is 13.2 Å². The van der Waals surface area contributed by atoms with E-state index >= 15 is 0 Å². The quantitative estimate of drug-likeness (QED) is 0.306. The van der Waals surface area contributed by atoms with Crippen molar-refractivity contribution in [3.63, 3.8) is 0 Å². The molecule has 0 heterocycles. The van der Waals surface area contributed by atoms with E-state index in [0.29, 0.717) is 11.5 Å². The molecule has 2 aliphatic rings. The second-order valence-corrected chi connectivity index (χ2v) is 10.4. The Morgan fingerprint density at radius 1 is 0.686 bits per heavy atom. The van der Waals surface area contributed by atoms with E-state index in [1.54, 1.807) is 0 Å². The van der Waals surface area contributed by atoms with Crippen LogP contribution in [-0.4, -0.2) is 0 Å². The zero-order valence-corrected chi connectivity index (χ0v) is 20.7. The molecule has 0 aliphatic heterocycles. The Labute approximate surface area is 208 Å². The van der Waals surface area contributed by atoms with E-state index in [4.69, 9.17) is 0 Å². The lowest BCUT2D eigenvalue weighted by atomic mass is 9.69. The van der Waals surface area contributed by atoms with E-state index in [-0.39, 0.29) is 5.56 Å². The van der Waals surface area contributed by atoms with E-state index in [0.717, 1.165) is 35.4 Å². The van der Waals surface area contributed by atoms with Crippen molar-refractivity contribution < 1.29 is 13.2 Å². The topological polar surface area (TPSA) is 0 Å². The molecule has 2 saturated carbocycles. The van der Waals surface area contributed by atoms with Crippen LogP contribution in [0.3, 0.4) is 0 Å². The van der Waals surface area contributed by atoms with Gasteiger partial charge in [-0.25, -0.2) is 13.2 Å². The maximum atomic E-state index is 13.3. The van der Waals surface area contributed by atoms with Gasteiger partial charge in [0.25, 0.3) is 0 Å². The molecule has 4 rings (SSSR count). The lowest BCUT2D eigenvalue weighted by Crippen LogP contribution is -2.25. The second-order valence-electron chi connectivity index (χ2n) is 10.4. The maximum Gasteiger partial charge on any atom is 0.194 e. The number of halogens is 3. The molecule has 0 radical (unpaired) electrons. The van der Waals surface area contributed by atoms with E-state index in [1.165, 1.54) is 70.6 Å². The molecule has 0 nitrogen and oxygen atoms in total. The molecule has 0 atom stereocenters. The fourth-order valence-electron chi connectivity index (χ4n) is 5.77. The van der Waals surface area contributed by atoms with Gasteiger partial charge in [-0.3, -0.25) is 0 Å². The Bertz CT molecular complexity index is 1070. The lowest BCUT2D eigenvalue weighted by molar-refractivity contribution is 0.153. The first-order valence-corrected chi connectivity index (χ1v) is 13.3. The average Bonchev–Trinajstić information content (AvgIpc) is 2.89. The van der Waals surface area contributed by atoms with Crippen LogP contribution >= 0.6 is 0 Å². The van der Waals surface area contributed by atoms with Gasteiger partial charge in [0, 0.05) is 22.6 Å². The van der Waals surface area contributed by atoms with Crippen molar-refractivity contribution >= 4 is 0 Å². The van der Waals surface area contributed by atoms with Gasteiger partial charge in [-0.2, -0.15) is 0 Å². The van der Waals surface area contributed by atoms with Crippen molar-refractivity contribution in [2.45, 2.75) is 77.6 Å². The smallest absolute Gasteiger partial charge is 0.194 e. The van der Waals surface area contributed by atoms with Crippen molar-refractivity contribution in [1.29, 1.82) is 0 Å². The Hall–Kier alpha value is -2.65. The van der Waals surface area contributed by atoms with Crippen molar-refractivity contribution in [2.24, 2.45) is 23.7 Å². The SMILES string of the molecule is CCCCC1CCC(C2CCC(C#Cc3ccc(C#Cc4cc(F)c(F)c(F)c4)cc3)CC2)CC1. The van der Waals surface area contributed by atoms with Gasteiger partial charge < -0.3 is 0 Å². The first kappa shape index (κ1) is 25.4. The van der Waals surface area contributed by atoms with Gasteiger partial charge in [0.2, 0.25) is 0 Å². The summed E-state index contributed by atoms with van der Waals surface area (Å²) in [6.07, 6.45) is 15.0. The zero-order valence-electron chi connectivity index (χ0n) is 20.7. The molecule has 0 spiro atoms. The minimum absolute atomic E-state index is 0.102. The molecule has 0 saturated heterocycles. The van der Waals surface area contributed by atoms with Crippen LogP contribution in [0.15, 0.2) is 36.4 Å². The lowest BCUT2D eigenvalue weighted by Gasteiger charge is -2.37. The summed E-state index contributed by atoms with van der Waals surface area (Å²) in [4.78, 5) is 0. The number of hydrogen-bond donors (Lipinski definition) is 0. The van der Waals surface area contributed by atoms with Gasteiger partial charge in [-0.1, -0.05) is 62.7 Å². The van der Waals surface area contributed by atoms with Gasteiger partial charge in [-0.15, -0.1) is 0 Å². The van der Waals surface area contributed by atoms with E-state index in [2.05, 4.69) is 30.6 Å². The minimum atomic E-state index is -1.48. The highest BCUT2D eigenvalue weighted by Gasteiger charge is 2.30. The van der Waals surface area contributed by atoms with Gasteiger partial charge in [-0.05, 0) is 92.7 Å². The third-order valence-corrected chi connectivity index (χ3v) is 7.94. The van der Waals surface area contributed by atoms with Crippen LogP contribution < -0.4 is 0 Å². The molecule has 0 amide bonds. The molecule has 0 unspecified atom stereocenters. The van der Waals surface area contributed by atoms with Crippen molar-refractivity contribution in [3.05, 3.63) is 70.5 Å². The standard InChI is InChI=1S/C32H35F3/c1-2-3-4-23-13-17-28(18-14-23)29-19-15-26(16-20-29)10-9-24-5-7-25(8-6-24)11-12-27-21-30(33)32(35)31(34)22-27/h5-8,21-23,26,28-29H,2-4,13-20H2,1H3. The fraction of sp³-hybridized carbons (Fsp3) is 0.500. The van der Waals surface area contributed by atoms with E-state index < -0.39 is 17.5 Å². The molecule has 2 aliphatic carbocycles. The highest BCUT2D eigenvalue weighted by Crippen LogP contribution is 2.42. The van der Waals surface area contributed by atoms with Crippen LogP contribution in [0.25, 0.3) is 0 Å². The molecule has 0 aromatic heterocycles. The molecular formula is C32H35F3. The predicted molar refractivity (Wildman–Crippen MR) is 136 cm³/mol. The first-order valence-electron chi connectivity index (χ1n) is 13.3. The molecule has 0 bridgehead atoms. The minimum Gasteiger partial charge on any atom is -0.204 e. The van der Waals surface area contributed by atoms with E-state index in [9.17, 15) is 13.2 Å². The van der Waals surface area contributed by atoms with E-state index in [1.807, 2.05) is 24.3 Å². The van der Waals surface area contributed by atoms with Gasteiger partial charge in [0.05, 0.1) is 0 Å². The summed E-state index contributed by atoms with van der Waals surface area (Å²) in [5, 5.41) is 0. The molecule has 184 valence electrons. The largest absolute Gasteiger partial charge is 0.204 e. The summed E-state index contributed by atoms with van der Waals surface area (Å²) in [6, 6.07) is 9.34. The molecular weight excluding hydrogens is 441 g/mol. The van der Waals surface area contributed by atoms with Crippen LogP contribution in [0.1, 0.15) is 94.2 Å². The number of rotatable bonds is 4. The number of hydrogen-bond acceptors (Lipinski definition) is 0. The van der Waals surface area contributed by atoms with Crippen molar-refractivity contribution in [1.82, 2.24) is 0 Å². The van der Waals surface area contributed by atoms with Gasteiger partial charge in [0.1, 0.15) is 0 Å². The van der Waals surface area contributed by atoms with Crippen molar-refractivity contribution in [3.8, 4) is 23.7 Å². The summed E-state index contributed by atoms with van der Waals surface area (Å²) in [6.45, 7) is 2.29. The third-order valence-electron chi connectivity index (χ3n) is 7.94. The predicted octanol–water partition coefficient (Wildman–Crippen LogP) is 8.66.